The van der Waals surface area contributed by atoms with E-state index in [1.807, 2.05) is 0 Å². The van der Waals surface area contributed by atoms with Gasteiger partial charge in [0.25, 0.3) is 0 Å². The highest BCUT2D eigenvalue weighted by Crippen LogP contribution is 2.38. The van der Waals surface area contributed by atoms with Crippen molar-refractivity contribution in [1.29, 1.82) is 0 Å². The Morgan fingerprint density at radius 2 is 1.61 bits per heavy atom. The van der Waals surface area contributed by atoms with Crippen LogP contribution in [0.25, 0.3) is 0 Å². The van der Waals surface area contributed by atoms with Gasteiger partial charge in [-0.2, -0.15) is 13.2 Å². The van der Waals surface area contributed by atoms with Gasteiger partial charge in [-0.3, -0.25) is 9.97 Å². The molecule has 0 aliphatic carbocycles. The first-order chi connectivity index (χ1) is 17.2. The Balaban J connectivity index is 1.91. The normalized spacial score (nSPS) is 13.0. The number of hydrogen-bond donors (Lipinski definition) is 2. The van der Waals surface area contributed by atoms with Crippen molar-refractivity contribution in [2.75, 3.05) is 5.32 Å². The minimum atomic E-state index is -4.82. The number of benzene rings is 2. The Morgan fingerprint density at radius 1 is 0.917 bits per heavy atom. The summed E-state index contributed by atoms with van der Waals surface area (Å²) in [6, 6.07) is 16.3. The fourth-order valence-electron chi connectivity index (χ4n) is 3.84. The molecular formula is C26H19ClF4N4O. The number of pyridine rings is 2. The van der Waals surface area contributed by atoms with Gasteiger partial charge in [-0.25, -0.2) is 9.18 Å². The smallest absolute Gasteiger partial charge is 0.322 e. The lowest BCUT2D eigenvalue weighted by Crippen LogP contribution is -2.50. The van der Waals surface area contributed by atoms with Crippen molar-refractivity contribution in [3.63, 3.8) is 0 Å². The number of aromatic nitrogens is 2. The van der Waals surface area contributed by atoms with Gasteiger partial charge in [0, 0.05) is 30.7 Å². The summed E-state index contributed by atoms with van der Waals surface area (Å²) in [5.74, 6) is -1.11. The Hall–Kier alpha value is -3.98. The molecule has 0 fully saturated rings. The molecule has 10 heteroatoms. The molecule has 0 bridgehead atoms. The zero-order valence-electron chi connectivity index (χ0n) is 18.6. The molecule has 4 rings (SSSR count). The molecule has 2 aromatic carbocycles. The van der Waals surface area contributed by atoms with Crippen LogP contribution in [0, 0.1) is 5.82 Å². The summed E-state index contributed by atoms with van der Waals surface area (Å²) in [6.07, 6.45) is -0.608. The van der Waals surface area contributed by atoms with Crippen molar-refractivity contribution >= 4 is 23.3 Å². The molecule has 2 N–H and O–H groups in total. The van der Waals surface area contributed by atoms with E-state index in [0.717, 1.165) is 12.1 Å². The van der Waals surface area contributed by atoms with Crippen LogP contribution in [-0.2, 0) is 18.1 Å². The van der Waals surface area contributed by atoms with Crippen LogP contribution in [-0.4, -0.2) is 16.0 Å². The Kier molecular flexibility index (Phi) is 7.21. The van der Waals surface area contributed by atoms with Crippen molar-refractivity contribution in [1.82, 2.24) is 15.3 Å². The molecule has 5 nitrogen and oxygen atoms in total. The first-order valence-corrected chi connectivity index (χ1v) is 11.1. The molecule has 1 atom stereocenters. The number of amides is 2. The summed E-state index contributed by atoms with van der Waals surface area (Å²) in [6.45, 7) is 0. The van der Waals surface area contributed by atoms with Gasteiger partial charge in [0.15, 0.2) is 0 Å². The zero-order valence-corrected chi connectivity index (χ0v) is 19.3. The van der Waals surface area contributed by atoms with Crippen LogP contribution in [0.4, 0.5) is 28.0 Å². The van der Waals surface area contributed by atoms with E-state index in [4.69, 9.17) is 11.6 Å². The molecule has 36 heavy (non-hydrogen) atoms. The van der Waals surface area contributed by atoms with Gasteiger partial charge >= 0.3 is 12.2 Å². The van der Waals surface area contributed by atoms with E-state index in [0.29, 0.717) is 17.3 Å². The molecule has 2 amide bonds. The summed E-state index contributed by atoms with van der Waals surface area (Å²) in [7, 11) is 0. The summed E-state index contributed by atoms with van der Waals surface area (Å²) in [5.41, 5.74) is -1.81. The highest BCUT2D eigenvalue weighted by atomic mass is 35.5. The lowest BCUT2D eigenvalue weighted by Gasteiger charge is -2.36. The van der Waals surface area contributed by atoms with E-state index in [1.54, 1.807) is 42.5 Å². The minimum Gasteiger partial charge on any atom is -0.322 e. The molecule has 0 aliphatic heterocycles. The quantitative estimate of drug-likeness (QED) is 0.285. The molecule has 0 saturated carbocycles. The first-order valence-electron chi connectivity index (χ1n) is 10.7. The molecule has 0 spiro atoms. The van der Waals surface area contributed by atoms with Gasteiger partial charge in [0.1, 0.15) is 11.4 Å². The lowest BCUT2D eigenvalue weighted by atomic mass is 9.79. The number of rotatable bonds is 6. The first kappa shape index (κ1) is 25.1. The van der Waals surface area contributed by atoms with E-state index >= 15 is 0 Å². The van der Waals surface area contributed by atoms with Crippen molar-refractivity contribution < 1.29 is 22.4 Å². The molecular weight excluding hydrogens is 496 g/mol. The molecule has 184 valence electrons. The molecule has 2 aromatic heterocycles. The fourth-order valence-corrected chi connectivity index (χ4v) is 3.95. The van der Waals surface area contributed by atoms with Crippen LogP contribution in [0.2, 0.25) is 5.02 Å². The maximum Gasteiger partial charge on any atom is 0.416 e. The second-order valence-electron chi connectivity index (χ2n) is 7.97. The number of nitrogens with zero attached hydrogens (tertiary/aromatic N) is 2. The van der Waals surface area contributed by atoms with Crippen LogP contribution in [0.1, 0.15) is 22.4 Å². The average Bonchev–Trinajstić information content (AvgIpc) is 2.84. The van der Waals surface area contributed by atoms with E-state index < -0.39 is 29.1 Å². The second-order valence-corrected chi connectivity index (χ2v) is 8.41. The topological polar surface area (TPSA) is 66.9 Å². The SMILES string of the molecule is O=C(Nc1ccncc1)NC(Cc1ccccc1)(c1cc(F)cc(C(F)(F)F)c1)c1ccc(Cl)cn1. The molecule has 2 heterocycles. The van der Waals surface area contributed by atoms with Gasteiger partial charge in [-0.1, -0.05) is 41.9 Å². The van der Waals surface area contributed by atoms with Gasteiger partial charge in [0.2, 0.25) is 0 Å². The number of nitrogens with one attached hydrogen (secondary N) is 2. The molecule has 1 unspecified atom stereocenters. The molecule has 4 aromatic rings. The second kappa shape index (κ2) is 10.3. The van der Waals surface area contributed by atoms with Gasteiger partial charge in [-0.05, 0) is 53.6 Å². The third-order valence-electron chi connectivity index (χ3n) is 5.46. The predicted octanol–water partition coefficient (Wildman–Crippen LogP) is 6.60. The fraction of sp³-hybridized carbons (Fsp3) is 0.115. The highest BCUT2D eigenvalue weighted by molar-refractivity contribution is 6.30. The number of carbonyl (C=O) groups is 1. The van der Waals surface area contributed by atoms with Crippen LogP contribution in [0.5, 0.6) is 0 Å². The highest BCUT2D eigenvalue weighted by Gasteiger charge is 2.41. The van der Waals surface area contributed by atoms with Crippen molar-refractivity contribution in [3.05, 3.63) is 125 Å². The van der Waals surface area contributed by atoms with Crippen molar-refractivity contribution in [2.24, 2.45) is 0 Å². The van der Waals surface area contributed by atoms with Crippen molar-refractivity contribution in [2.45, 2.75) is 18.1 Å². The van der Waals surface area contributed by atoms with E-state index in [1.165, 1.54) is 30.7 Å². The van der Waals surface area contributed by atoms with Gasteiger partial charge < -0.3 is 10.6 Å². The maximum absolute atomic E-state index is 14.6. The summed E-state index contributed by atoms with van der Waals surface area (Å²) >= 11 is 6.01. The molecule has 0 aliphatic rings. The zero-order chi connectivity index (χ0) is 25.8. The molecule has 0 saturated heterocycles. The molecule has 0 radical (unpaired) electrons. The monoisotopic (exact) mass is 514 g/mol. The average molecular weight is 515 g/mol. The van der Waals surface area contributed by atoms with Crippen molar-refractivity contribution in [3.8, 4) is 0 Å². The Morgan fingerprint density at radius 3 is 2.25 bits per heavy atom. The standard InChI is InChI=1S/C26H19ClF4N4O/c27-20-6-7-23(33-16-20)25(15-17-4-2-1-3-5-17,35-24(36)34-22-8-10-32-11-9-22)18-12-19(26(29,30)31)14-21(28)13-18/h1-14,16H,15H2,(H2,32,34,35,36). The van der Waals surface area contributed by atoms with Gasteiger partial charge in [-0.15, -0.1) is 0 Å². The van der Waals surface area contributed by atoms with Crippen LogP contribution < -0.4 is 10.6 Å². The Bertz CT molecular complexity index is 1340. The Labute approximate surface area is 209 Å². The summed E-state index contributed by atoms with van der Waals surface area (Å²) in [5, 5.41) is 5.69. The number of anilines is 1. The third kappa shape index (κ3) is 5.80. The summed E-state index contributed by atoms with van der Waals surface area (Å²) < 4.78 is 55.6. The largest absolute Gasteiger partial charge is 0.416 e. The number of hydrogen-bond acceptors (Lipinski definition) is 3. The van der Waals surface area contributed by atoms with Crippen LogP contribution in [0.15, 0.2) is 91.4 Å². The number of halogens is 5. The van der Waals surface area contributed by atoms with Crippen LogP contribution in [0.3, 0.4) is 0 Å². The van der Waals surface area contributed by atoms with Crippen LogP contribution >= 0.6 is 11.6 Å². The number of carbonyl (C=O) groups excluding carboxylic acids is 1. The number of urea groups is 1. The third-order valence-corrected chi connectivity index (χ3v) is 5.68. The van der Waals surface area contributed by atoms with Gasteiger partial charge in [0.05, 0.1) is 16.3 Å². The lowest BCUT2D eigenvalue weighted by molar-refractivity contribution is -0.137. The maximum atomic E-state index is 14.6. The van der Waals surface area contributed by atoms with E-state index in [-0.39, 0.29) is 22.7 Å². The summed E-state index contributed by atoms with van der Waals surface area (Å²) in [4.78, 5) is 21.4. The minimum absolute atomic E-state index is 0.0347. The number of alkyl halides is 3. The van der Waals surface area contributed by atoms with E-state index in [2.05, 4.69) is 20.6 Å². The predicted molar refractivity (Wildman–Crippen MR) is 128 cm³/mol. The van der Waals surface area contributed by atoms with E-state index in [9.17, 15) is 22.4 Å².